The Hall–Kier alpha value is -2.37. The molecule has 1 heterocycles. The summed E-state index contributed by atoms with van der Waals surface area (Å²) in [4.78, 5) is 28.7. The fraction of sp³-hybridized carbons (Fsp3) is 0.167. The molecule has 7 heteroatoms. The number of hydrogen-bond acceptors (Lipinski definition) is 3. The van der Waals surface area contributed by atoms with Gasteiger partial charge in [0.2, 0.25) is 5.91 Å². The Kier molecular flexibility index (Phi) is 5.36. The van der Waals surface area contributed by atoms with Gasteiger partial charge >= 0.3 is 0 Å². The molecular formula is C18H15Cl2N3O2. The van der Waals surface area contributed by atoms with Gasteiger partial charge in [-0.05, 0) is 36.8 Å². The van der Waals surface area contributed by atoms with Crippen molar-refractivity contribution in [1.29, 1.82) is 0 Å². The molecule has 0 aliphatic carbocycles. The lowest BCUT2D eigenvalue weighted by atomic mass is 10.2. The van der Waals surface area contributed by atoms with Gasteiger partial charge in [-0.1, -0.05) is 35.3 Å². The van der Waals surface area contributed by atoms with Crippen LogP contribution in [0.2, 0.25) is 10.0 Å². The number of hydrogen-bond donors (Lipinski definition) is 1. The maximum Gasteiger partial charge on any atom is 0.261 e. The fourth-order valence-corrected chi connectivity index (χ4v) is 2.82. The Morgan fingerprint density at radius 2 is 1.96 bits per heavy atom. The van der Waals surface area contributed by atoms with Gasteiger partial charge in [-0.25, -0.2) is 4.98 Å². The highest BCUT2D eigenvalue weighted by atomic mass is 35.5. The molecule has 2 aromatic carbocycles. The second-order valence-electron chi connectivity index (χ2n) is 5.54. The molecule has 0 aliphatic rings. The molecule has 0 atom stereocenters. The van der Waals surface area contributed by atoms with E-state index in [-0.39, 0.29) is 17.9 Å². The SMILES string of the molecule is O=C(CCCn1cnc2ccccc2c1=O)Nc1cc(Cl)ccc1Cl. The average Bonchev–Trinajstić information content (AvgIpc) is 2.60. The minimum absolute atomic E-state index is 0.108. The summed E-state index contributed by atoms with van der Waals surface area (Å²) in [6.07, 6.45) is 2.27. The van der Waals surface area contributed by atoms with E-state index in [0.29, 0.717) is 39.6 Å². The number of aryl methyl sites for hydroxylation is 1. The Balaban J connectivity index is 1.61. The van der Waals surface area contributed by atoms with E-state index >= 15 is 0 Å². The van der Waals surface area contributed by atoms with Crippen LogP contribution in [-0.4, -0.2) is 15.5 Å². The van der Waals surface area contributed by atoms with Crippen molar-refractivity contribution in [3.8, 4) is 0 Å². The summed E-state index contributed by atoms with van der Waals surface area (Å²) in [6, 6.07) is 12.1. The van der Waals surface area contributed by atoms with Crippen molar-refractivity contribution in [2.75, 3.05) is 5.32 Å². The maximum absolute atomic E-state index is 12.4. The second kappa shape index (κ2) is 7.68. The molecule has 0 saturated carbocycles. The molecule has 0 bridgehead atoms. The average molecular weight is 376 g/mol. The molecule has 3 rings (SSSR count). The van der Waals surface area contributed by atoms with Crippen LogP contribution in [0, 0.1) is 0 Å². The van der Waals surface area contributed by atoms with Crippen LogP contribution in [0.5, 0.6) is 0 Å². The van der Waals surface area contributed by atoms with Crippen LogP contribution >= 0.6 is 23.2 Å². The van der Waals surface area contributed by atoms with Gasteiger partial charge in [-0.2, -0.15) is 0 Å². The first-order chi connectivity index (χ1) is 12.0. The van der Waals surface area contributed by atoms with Gasteiger partial charge in [0.05, 0.1) is 27.9 Å². The van der Waals surface area contributed by atoms with Crippen LogP contribution in [0.15, 0.2) is 53.6 Å². The fourth-order valence-electron chi connectivity index (χ4n) is 2.48. The molecule has 128 valence electrons. The van der Waals surface area contributed by atoms with Crippen LogP contribution in [0.4, 0.5) is 5.69 Å². The summed E-state index contributed by atoms with van der Waals surface area (Å²) < 4.78 is 1.52. The summed E-state index contributed by atoms with van der Waals surface area (Å²) in [5.41, 5.74) is 1.03. The Labute approximate surface area is 154 Å². The highest BCUT2D eigenvalue weighted by Gasteiger charge is 2.08. The van der Waals surface area contributed by atoms with Gasteiger partial charge in [0.25, 0.3) is 5.56 Å². The number of nitrogens with zero attached hydrogens (tertiary/aromatic N) is 2. The monoisotopic (exact) mass is 375 g/mol. The summed E-state index contributed by atoms with van der Waals surface area (Å²) in [7, 11) is 0. The number of benzene rings is 2. The summed E-state index contributed by atoms with van der Waals surface area (Å²) >= 11 is 11.9. The highest BCUT2D eigenvalue weighted by Crippen LogP contribution is 2.25. The van der Waals surface area contributed by atoms with Gasteiger partial charge in [0.15, 0.2) is 0 Å². The van der Waals surface area contributed by atoms with Gasteiger partial charge in [-0.15, -0.1) is 0 Å². The number of nitrogens with one attached hydrogen (secondary N) is 1. The van der Waals surface area contributed by atoms with Crippen molar-refractivity contribution in [1.82, 2.24) is 9.55 Å². The molecule has 5 nitrogen and oxygen atoms in total. The van der Waals surface area contributed by atoms with E-state index in [1.165, 1.54) is 10.9 Å². The molecule has 0 radical (unpaired) electrons. The van der Waals surface area contributed by atoms with Crippen molar-refractivity contribution in [2.24, 2.45) is 0 Å². The Morgan fingerprint density at radius 3 is 2.80 bits per heavy atom. The molecule has 0 saturated heterocycles. The van der Waals surface area contributed by atoms with E-state index in [9.17, 15) is 9.59 Å². The van der Waals surface area contributed by atoms with Crippen LogP contribution < -0.4 is 10.9 Å². The molecule has 0 aliphatic heterocycles. The third kappa shape index (κ3) is 4.18. The number of halogens is 2. The predicted molar refractivity (Wildman–Crippen MR) is 100 cm³/mol. The predicted octanol–water partition coefficient (Wildman–Crippen LogP) is 4.12. The first kappa shape index (κ1) is 17.5. The van der Waals surface area contributed by atoms with Crippen molar-refractivity contribution in [3.05, 3.63) is 69.2 Å². The van der Waals surface area contributed by atoms with E-state index in [1.807, 2.05) is 6.07 Å². The second-order valence-corrected chi connectivity index (χ2v) is 6.38. The van der Waals surface area contributed by atoms with E-state index < -0.39 is 0 Å². The lowest BCUT2D eigenvalue weighted by Crippen LogP contribution is -2.21. The lowest BCUT2D eigenvalue weighted by Gasteiger charge is -2.09. The number of fused-ring (bicyclic) bond motifs is 1. The molecule has 1 N–H and O–H groups in total. The Bertz CT molecular complexity index is 985. The smallest absolute Gasteiger partial charge is 0.261 e. The zero-order chi connectivity index (χ0) is 17.8. The van der Waals surface area contributed by atoms with Gasteiger partial charge in [-0.3, -0.25) is 14.2 Å². The highest BCUT2D eigenvalue weighted by molar-refractivity contribution is 6.35. The number of rotatable bonds is 5. The summed E-state index contributed by atoms with van der Waals surface area (Å²) in [5.74, 6) is -0.189. The first-order valence-corrected chi connectivity index (χ1v) is 8.49. The van der Waals surface area contributed by atoms with Gasteiger partial charge in [0, 0.05) is 18.0 Å². The first-order valence-electron chi connectivity index (χ1n) is 7.73. The van der Waals surface area contributed by atoms with E-state index in [4.69, 9.17) is 23.2 Å². The van der Waals surface area contributed by atoms with Crippen molar-refractivity contribution in [2.45, 2.75) is 19.4 Å². The maximum atomic E-state index is 12.4. The standard InChI is InChI=1S/C18H15Cl2N3O2/c19-12-7-8-14(20)16(10-12)22-17(24)6-3-9-23-11-21-15-5-2-1-4-13(15)18(23)25/h1-2,4-5,7-8,10-11H,3,6,9H2,(H,22,24). The minimum atomic E-state index is -0.189. The largest absolute Gasteiger partial charge is 0.325 e. The van der Waals surface area contributed by atoms with E-state index in [1.54, 1.807) is 36.4 Å². The van der Waals surface area contributed by atoms with Crippen LogP contribution in [0.25, 0.3) is 10.9 Å². The van der Waals surface area contributed by atoms with Crippen molar-refractivity contribution in [3.63, 3.8) is 0 Å². The van der Waals surface area contributed by atoms with Crippen LogP contribution in [-0.2, 0) is 11.3 Å². The molecular weight excluding hydrogens is 361 g/mol. The molecule has 1 amide bonds. The topological polar surface area (TPSA) is 64.0 Å². The van der Waals surface area contributed by atoms with Gasteiger partial charge < -0.3 is 5.32 Å². The zero-order valence-corrected chi connectivity index (χ0v) is 14.7. The number of carbonyl (C=O) groups excluding carboxylic acids is 1. The molecule has 1 aromatic heterocycles. The summed E-state index contributed by atoms with van der Waals surface area (Å²) in [6.45, 7) is 0.410. The molecule has 0 spiro atoms. The number of amides is 1. The number of para-hydroxylation sites is 1. The third-order valence-corrected chi connectivity index (χ3v) is 4.30. The zero-order valence-electron chi connectivity index (χ0n) is 13.2. The van der Waals surface area contributed by atoms with Gasteiger partial charge in [0.1, 0.15) is 0 Å². The summed E-state index contributed by atoms with van der Waals surface area (Å²) in [5, 5.41) is 4.21. The van der Waals surface area contributed by atoms with E-state index in [2.05, 4.69) is 10.3 Å². The van der Waals surface area contributed by atoms with Crippen LogP contribution in [0.3, 0.4) is 0 Å². The molecule has 25 heavy (non-hydrogen) atoms. The third-order valence-electron chi connectivity index (χ3n) is 3.74. The molecule has 3 aromatic rings. The number of aromatic nitrogens is 2. The number of carbonyl (C=O) groups is 1. The van der Waals surface area contributed by atoms with Crippen molar-refractivity contribution >= 4 is 45.7 Å². The van der Waals surface area contributed by atoms with Crippen LogP contribution in [0.1, 0.15) is 12.8 Å². The lowest BCUT2D eigenvalue weighted by molar-refractivity contribution is -0.116. The molecule has 0 unspecified atom stereocenters. The number of anilines is 1. The minimum Gasteiger partial charge on any atom is -0.325 e. The molecule has 0 fully saturated rings. The Morgan fingerprint density at radius 1 is 1.16 bits per heavy atom. The van der Waals surface area contributed by atoms with Crippen molar-refractivity contribution < 1.29 is 4.79 Å². The van der Waals surface area contributed by atoms with E-state index in [0.717, 1.165) is 0 Å². The normalized spacial score (nSPS) is 10.8. The quantitative estimate of drug-likeness (QED) is 0.729.